The van der Waals surface area contributed by atoms with E-state index in [1.807, 2.05) is 0 Å². The SMILES string of the molecule is O=C(Cl)c1ccc2c(c1)C(=O)N(c1cccc(P(=O)(c3ccccc3)c3cccc(N4C(=O)c5ccc(C(=O)Cl)cc5C4=O)c3)c1)C2=O. The molecule has 0 spiro atoms. The summed E-state index contributed by atoms with van der Waals surface area (Å²) < 4.78 is 15.5. The number of hydrogen-bond acceptors (Lipinski definition) is 7. The van der Waals surface area contributed by atoms with Gasteiger partial charge in [-0.1, -0.05) is 54.6 Å². The van der Waals surface area contributed by atoms with E-state index in [1.54, 1.807) is 54.6 Å². The zero-order chi connectivity index (χ0) is 33.9. The molecule has 0 saturated heterocycles. The molecule has 7 rings (SSSR count). The van der Waals surface area contributed by atoms with E-state index >= 15 is 4.57 Å². The molecule has 0 bridgehead atoms. The highest BCUT2D eigenvalue weighted by atomic mass is 35.5. The second-order valence-corrected chi connectivity index (χ2v) is 14.4. The van der Waals surface area contributed by atoms with E-state index in [2.05, 4.69) is 0 Å². The van der Waals surface area contributed by atoms with E-state index in [1.165, 1.54) is 60.7 Å². The fraction of sp³-hybridized carbons (Fsp3) is 0. The van der Waals surface area contributed by atoms with Crippen molar-refractivity contribution in [1.82, 2.24) is 0 Å². The van der Waals surface area contributed by atoms with E-state index in [0.29, 0.717) is 5.30 Å². The zero-order valence-electron chi connectivity index (χ0n) is 24.4. The molecule has 4 amide bonds. The van der Waals surface area contributed by atoms with Crippen molar-refractivity contribution in [3.05, 3.63) is 149 Å². The molecule has 5 aromatic carbocycles. The van der Waals surface area contributed by atoms with Crippen LogP contribution in [0.2, 0.25) is 0 Å². The number of benzene rings is 5. The first-order chi connectivity index (χ1) is 23.0. The Labute approximate surface area is 282 Å². The lowest BCUT2D eigenvalue weighted by atomic mass is 10.1. The number of rotatable bonds is 7. The van der Waals surface area contributed by atoms with Gasteiger partial charge in [0.05, 0.1) is 33.6 Å². The Morgan fingerprint density at radius 2 is 0.854 bits per heavy atom. The summed E-state index contributed by atoms with van der Waals surface area (Å²) in [5.74, 6) is -2.59. The fourth-order valence-electron chi connectivity index (χ4n) is 5.94. The van der Waals surface area contributed by atoms with Crippen LogP contribution in [0.15, 0.2) is 115 Å². The van der Waals surface area contributed by atoms with Gasteiger partial charge in [0.15, 0.2) is 7.14 Å². The summed E-state index contributed by atoms with van der Waals surface area (Å²) in [4.78, 5) is 79.1. The van der Waals surface area contributed by atoms with Crippen LogP contribution >= 0.6 is 30.3 Å². The summed E-state index contributed by atoms with van der Waals surface area (Å²) in [5, 5.41) is -0.602. The third-order valence-corrected chi connectivity index (χ3v) is 11.7. The largest absolute Gasteiger partial charge is 0.309 e. The molecule has 0 N–H and O–H groups in total. The molecule has 0 unspecified atom stereocenters. The number of nitrogens with zero attached hydrogens (tertiary/aromatic N) is 2. The first-order valence-electron chi connectivity index (χ1n) is 14.3. The van der Waals surface area contributed by atoms with E-state index in [4.69, 9.17) is 23.2 Å². The van der Waals surface area contributed by atoms with Crippen LogP contribution in [0.3, 0.4) is 0 Å². The van der Waals surface area contributed by atoms with Crippen LogP contribution in [0.25, 0.3) is 0 Å². The van der Waals surface area contributed by atoms with Crippen molar-refractivity contribution >= 4 is 91.7 Å². The quantitative estimate of drug-likeness (QED) is 0.122. The Balaban J connectivity index is 1.32. The van der Waals surface area contributed by atoms with Crippen LogP contribution < -0.4 is 25.7 Å². The van der Waals surface area contributed by atoms with Crippen molar-refractivity contribution in [3.8, 4) is 0 Å². The average molecular weight is 693 g/mol. The molecule has 2 aliphatic rings. The molecule has 234 valence electrons. The Bertz CT molecular complexity index is 2200. The lowest BCUT2D eigenvalue weighted by Gasteiger charge is -2.23. The van der Waals surface area contributed by atoms with Crippen LogP contribution in [0, 0.1) is 0 Å². The van der Waals surface area contributed by atoms with Crippen LogP contribution in [0.4, 0.5) is 11.4 Å². The van der Waals surface area contributed by atoms with Gasteiger partial charge in [0.2, 0.25) is 0 Å². The van der Waals surface area contributed by atoms with E-state index in [9.17, 15) is 28.8 Å². The summed E-state index contributed by atoms with van der Waals surface area (Å²) >= 11 is 11.2. The number of hydrogen-bond donors (Lipinski definition) is 0. The zero-order valence-corrected chi connectivity index (χ0v) is 26.8. The number of halogens is 2. The lowest BCUT2D eigenvalue weighted by molar-refractivity contribution is 0.0910. The Morgan fingerprint density at radius 1 is 0.458 bits per heavy atom. The first-order valence-corrected chi connectivity index (χ1v) is 16.8. The summed E-state index contributed by atoms with van der Waals surface area (Å²) in [6.07, 6.45) is 0. The van der Waals surface area contributed by atoms with Crippen molar-refractivity contribution in [2.45, 2.75) is 0 Å². The van der Waals surface area contributed by atoms with E-state index in [0.717, 1.165) is 9.80 Å². The van der Waals surface area contributed by atoms with Crippen molar-refractivity contribution in [1.29, 1.82) is 0 Å². The number of carbonyl (C=O) groups is 6. The topological polar surface area (TPSA) is 126 Å². The third-order valence-electron chi connectivity index (χ3n) is 8.25. The van der Waals surface area contributed by atoms with E-state index in [-0.39, 0.29) is 55.4 Å². The van der Waals surface area contributed by atoms with Crippen LogP contribution in [-0.2, 0) is 4.57 Å². The molecule has 12 heteroatoms. The lowest BCUT2D eigenvalue weighted by Crippen LogP contribution is -2.32. The summed E-state index contributed by atoms with van der Waals surface area (Å²) in [7, 11) is -3.80. The molecule has 0 radical (unpaired) electrons. The third kappa shape index (κ3) is 4.83. The van der Waals surface area contributed by atoms with Gasteiger partial charge in [-0.2, -0.15) is 0 Å². The van der Waals surface area contributed by atoms with Crippen molar-refractivity contribution < 1.29 is 33.3 Å². The highest BCUT2D eigenvalue weighted by molar-refractivity contribution is 7.85. The van der Waals surface area contributed by atoms with Gasteiger partial charge in [0, 0.05) is 27.0 Å². The van der Waals surface area contributed by atoms with Gasteiger partial charge in [-0.3, -0.25) is 28.8 Å². The highest BCUT2D eigenvalue weighted by Gasteiger charge is 2.40. The van der Waals surface area contributed by atoms with Crippen molar-refractivity contribution in [2.24, 2.45) is 0 Å². The molecule has 2 heterocycles. The Hall–Kier alpha value is -5.47. The molecule has 0 aliphatic carbocycles. The molecular weight excluding hydrogens is 674 g/mol. The predicted octanol–water partition coefficient (Wildman–Crippen LogP) is 5.69. The average Bonchev–Trinajstić information content (AvgIpc) is 3.51. The Morgan fingerprint density at radius 3 is 1.27 bits per heavy atom. The minimum absolute atomic E-state index is 0.0133. The second kappa shape index (κ2) is 11.6. The van der Waals surface area contributed by atoms with Gasteiger partial charge >= 0.3 is 0 Å². The van der Waals surface area contributed by atoms with Crippen LogP contribution in [0.1, 0.15) is 62.1 Å². The van der Waals surface area contributed by atoms with Crippen molar-refractivity contribution in [3.63, 3.8) is 0 Å². The van der Waals surface area contributed by atoms with Gasteiger partial charge in [0.25, 0.3) is 34.1 Å². The standard InChI is InChI=1S/C36H19Cl2N2O7P/c37-31(41)20-12-14-27-29(16-20)35(45)39(33(27)43)22-6-4-10-25(18-22)48(47,24-8-2-1-3-9-24)26-11-5-7-23(19-26)40-34(44)28-15-13-21(32(38)42)17-30(28)36(40)46/h1-19H. The maximum Gasteiger partial charge on any atom is 0.266 e. The molecule has 2 aliphatic heterocycles. The first kappa shape index (κ1) is 31.1. The number of imide groups is 2. The number of anilines is 2. The summed E-state index contributed by atoms with van der Waals surface area (Å²) in [5.41, 5.74) is 0.630. The minimum Gasteiger partial charge on any atom is -0.309 e. The molecule has 0 saturated carbocycles. The van der Waals surface area contributed by atoms with Crippen LogP contribution in [0.5, 0.6) is 0 Å². The van der Waals surface area contributed by atoms with Crippen molar-refractivity contribution in [2.75, 3.05) is 9.80 Å². The van der Waals surface area contributed by atoms with Gasteiger partial charge in [-0.05, 0) is 83.9 Å². The smallest absolute Gasteiger partial charge is 0.266 e. The van der Waals surface area contributed by atoms with Gasteiger partial charge < -0.3 is 4.57 Å². The summed E-state index contributed by atoms with van der Waals surface area (Å²) in [6.45, 7) is 0. The fourth-order valence-corrected chi connectivity index (χ4v) is 8.88. The summed E-state index contributed by atoms with van der Waals surface area (Å²) in [6, 6.07) is 28.9. The number of carbonyl (C=O) groups excluding carboxylic acids is 6. The molecule has 0 atom stereocenters. The maximum absolute atomic E-state index is 15.5. The van der Waals surface area contributed by atoms with E-state index < -0.39 is 41.3 Å². The maximum atomic E-state index is 15.5. The molecule has 0 fully saturated rings. The van der Waals surface area contributed by atoms with Gasteiger partial charge in [-0.25, -0.2) is 9.80 Å². The molecule has 9 nitrogen and oxygen atoms in total. The van der Waals surface area contributed by atoms with Crippen LogP contribution in [-0.4, -0.2) is 34.1 Å². The molecule has 0 aromatic heterocycles. The van der Waals surface area contributed by atoms with Gasteiger partial charge in [0.1, 0.15) is 0 Å². The highest BCUT2D eigenvalue weighted by Crippen LogP contribution is 2.44. The normalized spacial score (nSPS) is 14.0. The molecule has 48 heavy (non-hydrogen) atoms. The number of amides is 4. The molecular formula is C36H19Cl2N2O7P. The second-order valence-electron chi connectivity index (χ2n) is 10.9. The predicted molar refractivity (Wildman–Crippen MR) is 181 cm³/mol. The molecule has 5 aromatic rings. The van der Waals surface area contributed by atoms with Gasteiger partial charge in [-0.15, -0.1) is 0 Å². The minimum atomic E-state index is -3.80. The monoisotopic (exact) mass is 692 g/mol. The number of fused-ring (bicyclic) bond motifs is 2. The Kier molecular flexibility index (Phi) is 7.56.